The molecule has 0 radical (unpaired) electrons. The van der Waals surface area contributed by atoms with Gasteiger partial charge in [-0.25, -0.2) is 19.4 Å². The number of halogens is 1. The number of hydrogen-bond donors (Lipinski definition) is 1. The maximum absolute atomic E-state index is 12.2. The average Bonchev–Trinajstić information content (AvgIpc) is 3.03. The number of nitrogens with one attached hydrogen (secondary N) is 1. The molecular formula is C21H31IN6O3. The zero-order valence-corrected chi connectivity index (χ0v) is 20.8. The molecule has 1 atom stereocenters. The first kappa shape index (κ1) is 22.5. The van der Waals surface area contributed by atoms with Gasteiger partial charge in [-0.3, -0.25) is 0 Å². The molecule has 2 aromatic heterocycles. The van der Waals surface area contributed by atoms with Crippen LogP contribution in [0.4, 0.5) is 10.6 Å². The molecule has 9 nitrogen and oxygen atoms in total. The molecule has 2 fully saturated rings. The van der Waals surface area contributed by atoms with Gasteiger partial charge in [-0.15, -0.1) is 0 Å². The number of aromatic nitrogens is 4. The summed E-state index contributed by atoms with van der Waals surface area (Å²) in [5.41, 5.74) is 0.777. The van der Waals surface area contributed by atoms with Crippen LogP contribution in [0.2, 0.25) is 0 Å². The number of carbonyl (C=O) groups excluding carboxylic acids is 1. The average molecular weight is 542 g/mol. The third-order valence-electron chi connectivity index (χ3n) is 5.77. The smallest absolute Gasteiger partial charge is 0.408 e. The number of fused-ring (bicyclic) bond motifs is 1. The van der Waals surface area contributed by atoms with Crippen LogP contribution in [0.1, 0.15) is 66.0 Å². The van der Waals surface area contributed by atoms with Gasteiger partial charge in [-0.2, -0.15) is 5.10 Å². The Balaban J connectivity index is 1.47. The van der Waals surface area contributed by atoms with Crippen molar-refractivity contribution in [1.29, 1.82) is 0 Å². The molecule has 1 N–H and O–H groups in total. The summed E-state index contributed by atoms with van der Waals surface area (Å²) < 4.78 is 14.1. The second-order valence-electron chi connectivity index (χ2n) is 9.63. The normalized spacial score (nSPS) is 21.8. The highest BCUT2D eigenvalue weighted by Gasteiger charge is 2.34. The maximum Gasteiger partial charge on any atom is 0.408 e. The van der Waals surface area contributed by atoms with Gasteiger partial charge in [0.25, 0.3) is 0 Å². The van der Waals surface area contributed by atoms with Crippen molar-refractivity contribution in [3.63, 3.8) is 0 Å². The molecule has 2 aliphatic heterocycles. The third kappa shape index (κ3) is 5.21. The Hall–Kier alpha value is -1.69. The molecular weight excluding hydrogens is 511 g/mol. The second kappa shape index (κ2) is 8.68. The monoisotopic (exact) mass is 542 g/mol. The van der Waals surface area contributed by atoms with Crippen molar-refractivity contribution in [2.75, 3.05) is 24.6 Å². The number of amides is 1. The van der Waals surface area contributed by atoms with Crippen LogP contribution in [-0.2, 0) is 9.47 Å². The van der Waals surface area contributed by atoms with Gasteiger partial charge in [0.05, 0.1) is 6.20 Å². The molecule has 0 aliphatic carbocycles. The number of rotatable bonds is 3. The van der Waals surface area contributed by atoms with E-state index in [9.17, 15) is 4.79 Å². The van der Waals surface area contributed by atoms with Crippen molar-refractivity contribution in [3.8, 4) is 0 Å². The minimum atomic E-state index is -0.505. The lowest BCUT2D eigenvalue weighted by molar-refractivity contribution is -0.0372. The van der Waals surface area contributed by atoms with Crippen LogP contribution >= 0.6 is 22.6 Å². The number of nitrogens with zero attached hydrogens (tertiary/aromatic N) is 5. The summed E-state index contributed by atoms with van der Waals surface area (Å²) in [7, 11) is 0. The minimum Gasteiger partial charge on any atom is -0.444 e. The lowest BCUT2D eigenvalue weighted by atomic mass is 9.90. The molecule has 2 aliphatic rings. The quantitative estimate of drug-likeness (QED) is 0.586. The van der Waals surface area contributed by atoms with Crippen molar-refractivity contribution in [1.82, 2.24) is 25.1 Å². The Bertz CT molecular complexity index is 942. The van der Waals surface area contributed by atoms with Gasteiger partial charge in [0.2, 0.25) is 0 Å². The number of anilines is 1. The summed E-state index contributed by atoms with van der Waals surface area (Å²) in [4.78, 5) is 24.0. The van der Waals surface area contributed by atoms with Gasteiger partial charge in [-0.05, 0) is 82.4 Å². The van der Waals surface area contributed by atoms with Crippen LogP contribution in [0.25, 0.3) is 11.2 Å². The molecule has 1 unspecified atom stereocenters. The molecule has 4 heterocycles. The minimum absolute atomic E-state index is 0.0769. The predicted octanol–water partition coefficient (Wildman–Crippen LogP) is 4.01. The van der Waals surface area contributed by atoms with E-state index in [0.29, 0.717) is 0 Å². The highest BCUT2D eigenvalue weighted by Crippen LogP contribution is 2.30. The van der Waals surface area contributed by atoms with Crippen molar-refractivity contribution in [3.05, 3.63) is 9.90 Å². The van der Waals surface area contributed by atoms with Gasteiger partial charge >= 0.3 is 6.09 Å². The van der Waals surface area contributed by atoms with Crippen LogP contribution in [0.5, 0.6) is 0 Å². The van der Waals surface area contributed by atoms with Gasteiger partial charge in [0, 0.05) is 25.2 Å². The fourth-order valence-electron chi connectivity index (χ4n) is 4.04. The Morgan fingerprint density at radius 3 is 2.71 bits per heavy atom. The van der Waals surface area contributed by atoms with Crippen molar-refractivity contribution < 1.29 is 14.3 Å². The van der Waals surface area contributed by atoms with Gasteiger partial charge < -0.3 is 19.7 Å². The molecule has 170 valence electrons. The van der Waals surface area contributed by atoms with Crippen molar-refractivity contribution >= 4 is 45.7 Å². The molecule has 1 amide bonds. The molecule has 31 heavy (non-hydrogen) atoms. The molecule has 2 aromatic rings. The van der Waals surface area contributed by atoms with E-state index in [2.05, 4.69) is 49.8 Å². The maximum atomic E-state index is 12.2. The molecule has 0 aromatic carbocycles. The molecule has 0 bridgehead atoms. The standard InChI is InChI=1S/C21H31IN6O3/c1-20(2,3)31-19(29)25-21(4)8-10-27(11-9-21)14-13-23-16-17(22)26-28(18(16)24-14)15-7-5-6-12-30-15/h13,15H,5-12H2,1-4H3,(H,25,29). The molecule has 4 rings (SSSR count). The fourth-order valence-corrected chi connectivity index (χ4v) is 4.65. The number of alkyl carbamates (subject to hydrolysis) is 1. The number of ether oxygens (including phenoxy) is 2. The largest absolute Gasteiger partial charge is 0.444 e. The summed E-state index contributed by atoms with van der Waals surface area (Å²) in [6.07, 6.45) is 6.14. The van der Waals surface area contributed by atoms with E-state index in [4.69, 9.17) is 14.5 Å². The summed E-state index contributed by atoms with van der Waals surface area (Å²) in [6, 6.07) is 0. The first-order valence-corrected chi connectivity index (χ1v) is 12.0. The lowest BCUT2D eigenvalue weighted by Gasteiger charge is -2.40. The highest BCUT2D eigenvalue weighted by atomic mass is 127. The molecule has 10 heteroatoms. The van der Waals surface area contributed by atoms with Gasteiger partial charge in [0.1, 0.15) is 16.9 Å². The number of carbonyl (C=O) groups is 1. The Labute approximate surface area is 196 Å². The molecule has 2 saturated heterocycles. The van der Waals surface area contributed by atoms with E-state index in [-0.39, 0.29) is 17.9 Å². The van der Waals surface area contributed by atoms with Crippen LogP contribution in [0.3, 0.4) is 0 Å². The number of piperidine rings is 1. The topological polar surface area (TPSA) is 94.4 Å². The van der Waals surface area contributed by atoms with Crippen molar-refractivity contribution in [2.24, 2.45) is 0 Å². The first-order valence-electron chi connectivity index (χ1n) is 10.9. The Kier molecular flexibility index (Phi) is 6.30. The van der Waals surface area contributed by atoms with E-state index in [1.54, 1.807) is 0 Å². The molecule has 0 spiro atoms. The zero-order valence-electron chi connectivity index (χ0n) is 18.7. The van der Waals surface area contributed by atoms with Gasteiger partial charge in [0.15, 0.2) is 15.6 Å². The summed E-state index contributed by atoms with van der Waals surface area (Å²) in [5, 5.41) is 7.71. The lowest BCUT2D eigenvalue weighted by Crippen LogP contribution is -2.54. The van der Waals surface area contributed by atoms with Crippen LogP contribution < -0.4 is 10.2 Å². The highest BCUT2D eigenvalue weighted by molar-refractivity contribution is 14.1. The summed E-state index contributed by atoms with van der Waals surface area (Å²) >= 11 is 2.21. The van der Waals surface area contributed by atoms with Crippen LogP contribution in [-0.4, -0.2) is 56.7 Å². The van der Waals surface area contributed by atoms with Crippen LogP contribution in [0.15, 0.2) is 6.20 Å². The Morgan fingerprint density at radius 1 is 1.32 bits per heavy atom. The van der Waals surface area contributed by atoms with E-state index in [1.807, 2.05) is 31.6 Å². The van der Waals surface area contributed by atoms with E-state index < -0.39 is 5.60 Å². The first-order chi connectivity index (χ1) is 14.6. The SMILES string of the molecule is CC1(NC(=O)OC(C)(C)C)CCN(c2cnc3c(I)nn(C4CCCCO4)c3n2)CC1. The second-order valence-corrected chi connectivity index (χ2v) is 10.7. The van der Waals surface area contributed by atoms with Gasteiger partial charge in [-0.1, -0.05) is 0 Å². The third-order valence-corrected chi connectivity index (χ3v) is 6.50. The summed E-state index contributed by atoms with van der Waals surface area (Å²) in [5.74, 6) is 0.833. The molecule has 0 saturated carbocycles. The number of hydrogen-bond acceptors (Lipinski definition) is 7. The van der Waals surface area contributed by atoms with E-state index >= 15 is 0 Å². The Morgan fingerprint density at radius 2 is 2.06 bits per heavy atom. The predicted molar refractivity (Wildman–Crippen MR) is 126 cm³/mol. The summed E-state index contributed by atoms with van der Waals surface area (Å²) in [6.45, 7) is 9.99. The zero-order chi connectivity index (χ0) is 22.2. The van der Waals surface area contributed by atoms with E-state index in [1.165, 1.54) is 0 Å². The van der Waals surface area contributed by atoms with Crippen molar-refractivity contribution in [2.45, 2.75) is 77.2 Å². The fraction of sp³-hybridized carbons (Fsp3) is 0.714. The van der Waals surface area contributed by atoms with E-state index in [0.717, 1.165) is 72.5 Å². The van der Waals surface area contributed by atoms with Crippen LogP contribution in [0, 0.1) is 3.70 Å².